The third-order valence-corrected chi connectivity index (χ3v) is 3.83. The molecule has 3 nitrogen and oxygen atoms in total. The minimum atomic E-state index is 0.00204. The Labute approximate surface area is 137 Å². The van der Waals surface area contributed by atoms with E-state index in [1.54, 1.807) is 6.33 Å². The van der Waals surface area contributed by atoms with E-state index in [0.717, 1.165) is 17.0 Å². The van der Waals surface area contributed by atoms with Gasteiger partial charge in [-0.05, 0) is 29.2 Å². The number of ether oxygens (including phenoxy) is 1. The summed E-state index contributed by atoms with van der Waals surface area (Å²) in [4.78, 5) is 7.26. The minimum absolute atomic E-state index is 0.00204. The summed E-state index contributed by atoms with van der Waals surface area (Å²) in [5.74, 6) is 0.935. The van der Waals surface area contributed by atoms with Gasteiger partial charge in [0.1, 0.15) is 12.4 Å². The molecule has 0 aliphatic carbocycles. The second-order valence-corrected chi connectivity index (χ2v) is 6.70. The molecule has 23 heavy (non-hydrogen) atoms. The van der Waals surface area contributed by atoms with Crippen molar-refractivity contribution in [1.82, 2.24) is 9.97 Å². The molecule has 0 bridgehead atoms. The molecule has 2 aromatic carbocycles. The molecule has 3 aromatic rings. The van der Waals surface area contributed by atoms with Gasteiger partial charge in [-0.25, -0.2) is 4.98 Å². The Bertz CT molecular complexity index is 756. The zero-order chi connectivity index (χ0) is 16.3. The van der Waals surface area contributed by atoms with Gasteiger partial charge in [0, 0.05) is 11.1 Å². The Balaban J connectivity index is 1.90. The van der Waals surface area contributed by atoms with Gasteiger partial charge in [-0.2, -0.15) is 0 Å². The van der Waals surface area contributed by atoms with Crippen LogP contribution >= 0.6 is 0 Å². The number of aromatic nitrogens is 2. The highest BCUT2D eigenvalue weighted by molar-refractivity contribution is 5.62. The first kappa shape index (κ1) is 15.3. The van der Waals surface area contributed by atoms with Crippen LogP contribution in [0.15, 0.2) is 61.1 Å². The first-order chi connectivity index (χ1) is 11.0. The van der Waals surface area contributed by atoms with Crippen LogP contribution in [0.1, 0.15) is 31.9 Å². The number of hydrogen-bond acceptors (Lipinski definition) is 2. The molecule has 0 saturated heterocycles. The number of H-pyrrole nitrogens is 1. The van der Waals surface area contributed by atoms with Crippen molar-refractivity contribution < 1.29 is 4.74 Å². The van der Waals surface area contributed by atoms with Crippen LogP contribution in [-0.2, 0) is 12.0 Å². The van der Waals surface area contributed by atoms with Gasteiger partial charge in [-0.15, -0.1) is 0 Å². The first-order valence-corrected chi connectivity index (χ1v) is 7.84. The molecule has 1 heterocycles. The van der Waals surface area contributed by atoms with E-state index < -0.39 is 0 Å². The van der Waals surface area contributed by atoms with Crippen molar-refractivity contribution in [2.45, 2.75) is 32.8 Å². The number of benzene rings is 2. The summed E-state index contributed by atoms with van der Waals surface area (Å²) >= 11 is 0. The summed E-state index contributed by atoms with van der Waals surface area (Å²) in [5.41, 5.74) is 4.51. The summed E-state index contributed by atoms with van der Waals surface area (Å²) in [7, 11) is 0. The van der Waals surface area contributed by atoms with Crippen molar-refractivity contribution in [3.8, 4) is 17.0 Å². The quantitative estimate of drug-likeness (QED) is 0.740. The van der Waals surface area contributed by atoms with Crippen LogP contribution in [-0.4, -0.2) is 9.97 Å². The van der Waals surface area contributed by atoms with Crippen LogP contribution in [0, 0.1) is 0 Å². The monoisotopic (exact) mass is 306 g/mol. The Morgan fingerprint density at radius 2 is 1.83 bits per heavy atom. The predicted octanol–water partition coefficient (Wildman–Crippen LogP) is 4.95. The van der Waals surface area contributed by atoms with E-state index in [1.807, 2.05) is 24.4 Å². The smallest absolute Gasteiger partial charge is 0.123 e. The molecule has 3 rings (SSSR count). The van der Waals surface area contributed by atoms with Gasteiger partial charge in [0.25, 0.3) is 0 Å². The maximum Gasteiger partial charge on any atom is 0.123 e. The lowest BCUT2D eigenvalue weighted by molar-refractivity contribution is 0.297. The Morgan fingerprint density at radius 1 is 1.04 bits per heavy atom. The molecule has 118 valence electrons. The summed E-state index contributed by atoms with van der Waals surface area (Å²) in [5, 5.41) is 0. The van der Waals surface area contributed by atoms with E-state index in [9.17, 15) is 0 Å². The molecule has 0 spiro atoms. The van der Waals surface area contributed by atoms with Gasteiger partial charge in [0.05, 0.1) is 18.2 Å². The number of imidazole rings is 1. The highest BCUT2D eigenvalue weighted by atomic mass is 16.5. The van der Waals surface area contributed by atoms with Crippen molar-refractivity contribution in [3.63, 3.8) is 0 Å². The number of nitrogens with one attached hydrogen (secondary N) is 1. The number of rotatable bonds is 4. The van der Waals surface area contributed by atoms with Crippen LogP contribution in [0.4, 0.5) is 0 Å². The van der Waals surface area contributed by atoms with Gasteiger partial charge < -0.3 is 9.72 Å². The minimum Gasteiger partial charge on any atom is -0.489 e. The molecule has 3 heteroatoms. The van der Waals surface area contributed by atoms with Gasteiger partial charge in [0.2, 0.25) is 0 Å². The summed E-state index contributed by atoms with van der Waals surface area (Å²) < 4.78 is 6.10. The fraction of sp³-hybridized carbons (Fsp3) is 0.250. The van der Waals surface area contributed by atoms with Crippen LogP contribution in [0.5, 0.6) is 5.75 Å². The zero-order valence-electron chi connectivity index (χ0n) is 13.8. The maximum atomic E-state index is 6.10. The van der Waals surface area contributed by atoms with Crippen molar-refractivity contribution in [3.05, 3.63) is 72.2 Å². The molecule has 0 aliphatic rings. The molecule has 0 saturated carbocycles. The van der Waals surface area contributed by atoms with Crippen molar-refractivity contribution >= 4 is 0 Å². The number of hydrogen-bond donors (Lipinski definition) is 1. The van der Waals surface area contributed by atoms with E-state index in [0.29, 0.717) is 6.61 Å². The zero-order valence-corrected chi connectivity index (χ0v) is 13.8. The summed E-state index contributed by atoms with van der Waals surface area (Å²) in [6, 6.07) is 16.6. The van der Waals surface area contributed by atoms with Crippen LogP contribution in [0.3, 0.4) is 0 Å². The largest absolute Gasteiger partial charge is 0.489 e. The first-order valence-electron chi connectivity index (χ1n) is 7.84. The third kappa shape index (κ3) is 3.62. The van der Waals surface area contributed by atoms with Gasteiger partial charge in [-0.1, -0.05) is 51.1 Å². The molecule has 1 aromatic heterocycles. The molecule has 1 N–H and O–H groups in total. The average Bonchev–Trinajstić information content (AvgIpc) is 3.07. The molecule has 0 atom stereocenters. The highest BCUT2D eigenvalue weighted by Gasteiger charge is 2.20. The summed E-state index contributed by atoms with van der Waals surface area (Å²) in [6.45, 7) is 7.19. The Hall–Kier alpha value is -2.55. The van der Waals surface area contributed by atoms with Crippen LogP contribution in [0.2, 0.25) is 0 Å². The molecular weight excluding hydrogens is 284 g/mol. The van der Waals surface area contributed by atoms with Gasteiger partial charge in [-0.3, -0.25) is 0 Å². The van der Waals surface area contributed by atoms with Crippen molar-refractivity contribution in [2.75, 3.05) is 0 Å². The topological polar surface area (TPSA) is 37.9 Å². The van der Waals surface area contributed by atoms with Crippen LogP contribution in [0.25, 0.3) is 11.3 Å². The second kappa shape index (κ2) is 6.29. The molecule has 0 fully saturated rings. The SMILES string of the molecule is CC(C)(C)c1cc(-c2cnc[nH]2)ccc1OCc1ccccc1. The van der Waals surface area contributed by atoms with Crippen molar-refractivity contribution in [2.24, 2.45) is 0 Å². The van der Waals surface area contributed by atoms with Crippen LogP contribution < -0.4 is 4.74 Å². The molecule has 0 unspecified atom stereocenters. The lowest BCUT2D eigenvalue weighted by Gasteiger charge is -2.23. The lowest BCUT2D eigenvalue weighted by Crippen LogP contribution is -2.13. The molecule has 0 radical (unpaired) electrons. The number of aromatic amines is 1. The van der Waals surface area contributed by atoms with E-state index in [1.165, 1.54) is 11.1 Å². The van der Waals surface area contributed by atoms with Crippen molar-refractivity contribution in [1.29, 1.82) is 0 Å². The summed E-state index contributed by atoms with van der Waals surface area (Å²) in [6.07, 6.45) is 3.54. The van der Waals surface area contributed by atoms with E-state index >= 15 is 0 Å². The highest BCUT2D eigenvalue weighted by Crippen LogP contribution is 2.35. The Kier molecular flexibility index (Phi) is 4.20. The number of nitrogens with zero attached hydrogens (tertiary/aromatic N) is 1. The standard InChI is InChI=1S/C20H22N2O/c1-20(2,3)17-11-16(18-12-21-14-22-18)9-10-19(17)23-13-15-7-5-4-6-8-15/h4-12,14H,13H2,1-3H3,(H,21,22). The molecule has 0 aliphatic heterocycles. The lowest BCUT2D eigenvalue weighted by atomic mass is 9.85. The van der Waals surface area contributed by atoms with E-state index in [4.69, 9.17) is 4.74 Å². The van der Waals surface area contributed by atoms with Gasteiger partial charge >= 0.3 is 0 Å². The third-order valence-electron chi connectivity index (χ3n) is 3.83. The molecular formula is C20H22N2O. The molecule has 0 amide bonds. The van der Waals surface area contributed by atoms with E-state index in [2.05, 4.69) is 61.1 Å². The fourth-order valence-corrected chi connectivity index (χ4v) is 2.56. The average molecular weight is 306 g/mol. The maximum absolute atomic E-state index is 6.10. The fourth-order valence-electron chi connectivity index (χ4n) is 2.56. The predicted molar refractivity (Wildman–Crippen MR) is 93.5 cm³/mol. The second-order valence-electron chi connectivity index (χ2n) is 6.70. The normalized spacial score (nSPS) is 11.4. The van der Waals surface area contributed by atoms with E-state index in [-0.39, 0.29) is 5.41 Å². The Morgan fingerprint density at radius 3 is 2.48 bits per heavy atom. The van der Waals surface area contributed by atoms with Gasteiger partial charge in [0.15, 0.2) is 0 Å².